The Hall–Kier alpha value is -1.62. The fourth-order valence-electron chi connectivity index (χ4n) is 1.88. The minimum Gasteiger partial charge on any atom is -0.478 e. The highest BCUT2D eigenvalue weighted by atomic mass is 16.5. The topological polar surface area (TPSA) is 71.5 Å². The Morgan fingerprint density at radius 2 is 2.16 bits per heavy atom. The Bertz CT molecular complexity index is 433. The molecule has 0 radical (unpaired) electrons. The first kappa shape index (κ1) is 15.4. The molecule has 1 heterocycles. The SMILES string of the molecule is CCCOCCCNc1cc(C)nc(C)c1C(=O)O. The third-order valence-electron chi connectivity index (χ3n) is 2.67. The lowest BCUT2D eigenvalue weighted by atomic mass is 10.1. The average molecular weight is 266 g/mol. The molecular weight excluding hydrogens is 244 g/mol. The quantitative estimate of drug-likeness (QED) is 0.708. The number of hydrogen-bond acceptors (Lipinski definition) is 4. The van der Waals surface area contributed by atoms with Crippen molar-refractivity contribution in [3.8, 4) is 0 Å². The zero-order valence-corrected chi connectivity index (χ0v) is 11.8. The van der Waals surface area contributed by atoms with Crippen LogP contribution in [0.5, 0.6) is 0 Å². The predicted octanol–water partition coefficient (Wildman–Crippen LogP) is 2.63. The van der Waals surface area contributed by atoms with Crippen LogP contribution in [0.2, 0.25) is 0 Å². The maximum atomic E-state index is 11.2. The van der Waals surface area contributed by atoms with Crippen molar-refractivity contribution in [2.24, 2.45) is 0 Å². The number of ether oxygens (including phenoxy) is 1. The molecule has 106 valence electrons. The largest absolute Gasteiger partial charge is 0.478 e. The van der Waals surface area contributed by atoms with Crippen molar-refractivity contribution in [2.75, 3.05) is 25.1 Å². The molecule has 5 heteroatoms. The van der Waals surface area contributed by atoms with Gasteiger partial charge in [0.05, 0.1) is 11.4 Å². The van der Waals surface area contributed by atoms with Crippen molar-refractivity contribution < 1.29 is 14.6 Å². The summed E-state index contributed by atoms with van der Waals surface area (Å²) in [5.41, 5.74) is 2.23. The molecular formula is C14H22N2O3. The Balaban J connectivity index is 2.59. The van der Waals surface area contributed by atoms with Gasteiger partial charge in [-0.25, -0.2) is 4.79 Å². The molecule has 0 aliphatic carbocycles. The molecule has 1 aromatic rings. The molecule has 2 N–H and O–H groups in total. The molecule has 0 unspecified atom stereocenters. The van der Waals surface area contributed by atoms with Gasteiger partial charge < -0.3 is 15.2 Å². The van der Waals surface area contributed by atoms with E-state index in [0.29, 0.717) is 24.5 Å². The number of carboxylic acid groups (broad SMARTS) is 1. The highest BCUT2D eigenvalue weighted by Gasteiger charge is 2.14. The van der Waals surface area contributed by atoms with E-state index >= 15 is 0 Å². The normalized spacial score (nSPS) is 10.5. The second-order valence-electron chi connectivity index (χ2n) is 4.47. The second-order valence-corrected chi connectivity index (χ2v) is 4.47. The smallest absolute Gasteiger partial charge is 0.339 e. The molecule has 0 aliphatic rings. The van der Waals surface area contributed by atoms with Crippen LogP contribution in [0.1, 0.15) is 41.5 Å². The molecule has 0 bridgehead atoms. The number of anilines is 1. The van der Waals surface area contributed by atoms with Gasteiger partial charge >= 0.3 is 5.97 Å². The van der Waals surface area contributed by atoms with E-state index in [2.05, 4.69) is 17.2 Å². The van der Waals surface area contributed by atoms with E-state index in [1.807, 2.05) is 6.92 Å². The van der Waals surface area contributed by atoms with Crippen molar-refractivity contribution in [1.82, 2.24) is 4.98 Å². The molecule has 0 spiro atoms. The standard InChI is InChI=1S/C14H22N2O3/c1-4-7-19-8-5-6-15-12-9-10(2)16-11(3)13(12)14(17)18/h9H,4-8H2,1-3H3,(H,15,16)(H,17,18). The van der Waals surface area contributed by atoms with E-state index in [1.165, 1.54) is 0 Å². The van der Waals surface area contributed by atoms with Gasteiger partial charge in [0.1, 0.15) is 5.56 Å². The van der Waals surface area contributed by atoms with Crippen LogP contribution in [0.3, 0.4) is 0 Å². The van der Waals surface area contributed by atoms with Gasteiger partial charge in [0.2, 0.25) is 0 Å². The fourth-order valence-corrected chi connectivity index (χ4v) is 1.88. The third-order valence-corrected chi connectivity index (χ3v) is 2.67. The molecule has 0 amide bonds. The highest BCUT2D eigenvalue weighted by molar-refractivity contribution is 5.95. The minimum absolute atomic E-state index is 0.250. The van der Waals surface area contributed by atoms with Crippen molar-refractivity contribution >= 4 is 11.7 Å². The summed E-state index contributed by atoms with van der Waals surface area (Å²) in [5, 5.41) is 12.4. The molecule has 0 aromatic carbocycles. The lowest BCUT2D eigenvalue weighted by Crippen LogP contribution is -2.12. The van der Waals surface area contributed by atoms with Crippen LogP contribution in [-0.2, 0) is 4.74 Å². The summed E-state index contributed by atoms with van der Waals surface area (Å²) >= 11 is 0. The van der Waals surface area contributed by atoms with Crippen molar-refractivity contribution in [2.45, 2.75) is 33.6 Å². The van der Waals surface area contributed by atoms with Crippen LogP contribution in [-0.4, -0.2) is 35.8 Å². The van der Waals surface area contributed by atoms with E-state index in [4.69, 9.17) is 4.74 Å². The first-order chi connectivity index (χ1) is 9.06. The van der Waals surface area contributed by atoms with Gasteiger partial charge in [0.15, 0.2) is 0 Å². The summed E-state index contributed by atoms with van der Waals surface area (Å²) in [6.07, 6.45) is 1.86. The summed E-state index contributed by atoms with van der Waals surface area (Å²) in [6.45, 7) is 7.78. The summed E-state index contributed by atoms with van der Waals surface area (Å²) < 4.78 is 5.38. The Kier molecular flexibility index (Phi) is 6.29. The van der Waals surface area contributed by atoms with E-state index in [-0.39, 0.29) is 5.56 Å². The molecule has 0 fully saturated rings. The number of carboxylic acids is 1. The zero-order chi connectivity index (χ0) is 14.3. The molecule has 0 atom stereocenters. The second kappa shape index (κ2) is 7.74. The summed E-state index contributed by atoms with van der Waals surface area (Å²) in [6, 6.07) is 1.77. The monoisotopic (exact) mass is 266 g/mol. The fraction of sp³-hybridized carbons (Fsp3) is 0.571. The highest BCUT2D eigenvalue weighted by Crippen LogP contribution is 2.19. The van der Waals surface area contributed by atoms with Crippen molar-refractivity contribution in [1.29, 1.82) is 0 Å². The van der Waals surface area contributed by atoms with Crippen LogP contribution in [0.25, 0.3) is 0 Å². The van der Waals surface area contributed by atoms with E-state index in [0.717, 1.165) is 25.1 Å². The Morgan fingerprint density at radius 3 is 2.79 bits per heavy atom. The van der Waals surface area contributed by atoms with Crippen LogP contribution in [0.4, 0.5) is 5.69 Å². The average Bonchev–Trinajstić information content (AvgIpc) is 2.32. The molecule has 1 rings (SSSR count). The van der Waals surface area contributed by atoms with Gasteiger partial charge in [0.25, 0.3) is 0 Å². The first-order valence-corrected chi connectivity index (χ1v) is 6.59. The van der Waals surface area contributed by atoms with Crippen LogP contribution >= 0.6 is 0 Å². The van der Waals surface area contributed by atoms with Gasteiger partial charge in [-0.3, -0.25) is 4.98 Å². The van der Waals surface area contributed by atoms with Gasteiger partial charge in [-0.1, -0.05) is 6.92 Å². The molecule has 0 aliphatic heterocycles. The Morgan fingerprint density at radius 1 is 1.42 bits per heavy atom. The van der Waals surface area contributed by atoms with Crippen LogP contribution in [0.15, 0.2) is 6.07 Å². The molecule has 0 saturated heterocycles. The lowest BCUT2D eigenvalue weighted by Gasteiger charge is -2.12. The van der Waals surface area contributed by atoms with Gasteiger partial charge in [0, 0.05) is 25.5 Å². The van der Waals surface area contributed by atoms with Crippen molar-refractivity contribution in [3.05, 3.63) is 23.0 Å². The summed E-state index contributed by atoms with van der Waals surface area (Å²) in [4.78, 5) is 15.4. The first-order valence-electron chi connectivity index (χ1n) is 6.59. The lowest BCUT2D eigenvalue weighted by molar-refractivity contribution is 0.0696. The maximum absolute atomic E-state index is 11.2. The van der Waals surface area contributed by atoms with E-state index < -0.39 is 5.97 Å². The molecule has 1 aromatic heterocycles. The number of aryl methyl sites for hydroxylation is 2. The number of carbonyl (C=O) groups is 1. The number of pyridine rings is 1. The number of rotatable bonds is 8. The van der Waals surface area contributed by atoms with Gasteiger partial charge in [-0.2, -0.15) is 0 Å². The molecule has 5 nitrogen and oxygen atoms in total. The minimum atomic E-state index is -0.949. The number of nitrogens with zero attached hydrogens (tertiary/aromatic N) is 1. The number of nitrogens with one attached hydrogen (secondary N) is 1. The number of hydrogen-bond donors (Lipinski definition) is 2. The Labute approximate surface area is 114 Å². The van der Waals surface area contributed by atoms with Gasteiger partial charge in [-0.15, -0.1) is 0 Å². The number of aromatic carboxylic acids is 1. The zero-order valence-electron chi connectivity index (χ0n) is 11.8. The third kappa shape index (κ3) is 4.87. The summed E-state index contributed by atoms with van der Waals surface area (Å²) in [5.74, 6) is -0.949. The molecule has 19 heavy (non-hydrogen) atoms. The van der Waals surface area contributed by atoms with Crippen LogP contribution in [0, 0.1) is 13.8 Å². The molecule has 0 saturated carbocycles. The van der Waals surface area contributed by atoms with E-state index in [9.17, 15) is 9.90 Å². The van der Waals surface area contributed by atoms with Crippen molar-refractivity contribution in [3.63, 3.8) is 0 Å². The van der Waals surface area contributed by atoms with E-state index in [1.54, 1.807) is 13.0 Å². The predicted molar refractivity (Wildman–Crippen MR) is 74.9 cm³/mol. The van der Waals surface area contributed by atoms with Gasteiger partial charge in [-0.05, 0) is 32.8 Å². The van der Waals surface area contributed by atoms with Crippen LogP contribution < -0.4 is 5.32 Å². The maximum Gasteiger partial charge on any atom is 0.339 e. The summed E-state index contributed by atoms with van der Waals surface area (Å²) in [7, 11) is 0. The number of aromatic nitrogens is 1.